The Morgan fingerprint density at radius 2 is 1.39 bits per heavy atom. The van der Waals surface area contributed by atoms with Crippen molar-refractivity contribution in [3.8, 4) is 16.8 Å². The lowest BCUT2D eigenvalue weighted by Crippen LogP contribution is -2.50. The number of nitrogens with zero attached hydrogens (tertiary/aromatic N) is 2. The molecule has 7 aromatic carbocycles. The molecular formula is C51H36N4OS. The van der Waals surface area contributed by atoms with Crippen LogP contribution in [0, 0.1) is 0 Å². The number of benzene rings is 7. The molecule has 12 rings (SSSR count). The quantitative estimate of drug-likeness (QED) is 0.184. The first-order valence-corrected chi connectivity index (χ1v) is 20.5. The lowest BCUT2D eigenvalue weighted by Gasteiger charge is -2.33. The van der Waals surface area contributed by atoms with Crippen LogP contribution in [0.1, 0.15) is 30.1 Å². The van der Waals surface area contributed by atoms with Crippen LogP contribution in [0.4, 0.5) is 0 Å². The summed E-state index contributed by atoms with van der Waals surface area (Å²) in [7, 11) is 0. The van der Waals surface area contributed by atoms with E-state index in [1.54, 1.807) is 0 Å². The Bertz CT molecular complexity index is 3320. The minimum absolute atomic E-state index is 0.0646. The second-order valence-electron chi connectivity index (χ2n) is 15.1. The third-order valence-corrected chi connectivity index (χ3v) is 13.0. The Balaban J connectivity index is 0.981. The second kappa shape index (κ2) is 12.9. The van der Waals surface area contributed by atoms with Gasteiger partial charge in [-0.25, -0.2) is 4.99 Å². The van der Waals surface area contributed by atoms with Gasteiger partial charge < -0.3 is 14.3 Å². The van der Waals surface area contributed by atoms with Crippen molar-refractivity contribution in [2.24, 2.45) is 4.99 Å². The third kappa shape index (κ3) is 5.22. The van der Waals surface area contributed by atoms with Crippen LogP contribution in [0.15, 0.2) is 173 Å². The van der Waals surface area contributed by atoms with Gasteiger partial charge in [0.15, 0.2) is 0 Å². The smallest absolute Gasteiger partial charge is 0.137 e. The van der Waals surface area contributed by atoms with Gasteiger partial charge in [-0.1, -0.05) is 121 Å². The van der Waals surface area contributed by atoms with Crippen molar-refractivity contribution in [2.75, 3.05) is 0 Å². The third-order valence-electron chi connectivity index (χ3n) is 11.8. The topological polar surface area (TPSA) is 54.5 Å². The molecule has 4 heterocycles. The predicted molar refractivity (Wildman–Crippen MR) is 237 cm³/mol. The molecule has 0 radical (unpaired) electrons. The Morgan fingerprint density at radius 1 is 0.632 bits per heavy atom. The van der Waals surface area contributed by atoms with Crippen LogP contribution >= 0.6 is 11.3 Å². The molecule has 5 nitrogen and oxygen atoms in total. The SMILES string of the molecule is C1=c2c(sc3cccc(-c4ccc5oc6cc(-n7c8ccccc8c8ccccc87)ccc6c5c4)c23)=C(C2N=C(c3ccccc3)NC(c3ccccc3)N2)CC1. The molecule has 3 aromatic heterocycles. The van der Waals surface area contributed by atoms with Crippen LogP contribution in [0.3, 0.4) is 0 Å². The average Bonchev–Trinajstić information content (AvgIpc) is 3.96. The number of furan rings is 1. The van der Waals surface area contributed by atoms with Gasteiger partial charge in [-0.05, 0) is 82.8 Å². The van der Waals surface area contributed by atoms with Gasteiger partial charge in [0, 0.05) is 53.5 Å². The van der Waals surface area contributed by atoms with E-state index < -0.39 is 0 Å². The van der Waals surface area contributed by atoms with E-state index in [2.05, 4.69) is 185 Å². The molecule has 10 aromatic rings. The van der Waals surface area contributed by atoms with E-state index in [0.717, 1.165) is 51.9 Å². The first-order valence-electron chi connectivity index (χ1n) is 19.7. The zero-order valence-electron chi connectivity index (χ0n) is 30.9. The Kier molecular flexibility index (Phi) is 7.37. The molecule has 272 valence electrons. The minimum Gasteiger partial charge on any atom is -0.456 e. The van der Waals surface area contributed by atoms with Gasteiger partial charge in [0.25, 0.3) is 0 Å². The number of para-hydroxylation sites is 2. The number of amidine groups is 1. The minimum atomic E-state index is -0.156. The maximum absolute atomic E-state index is 6.59. The molecule has 1 aliphatic heterocycles. The summed E-state index contributed by atoms with van der Waals surface area (Å²) >= 11 is 1.90. The van der Waals surface area contributed by atoms with E-state index in [0.29, 0.717) is 0 Å². The van der Waals surface area contributed by atoms with E-state index in [4.69, 9.17) is 9.41 Å². The summed E-state index contributed by atoms with van der Waals surface area (Å²) < 4.78 is 11.6. The number of aromatic nitrogens is 1. The Morgan fingerprint density at radius 3 is 2.19 bits per heavy atom. The van der Waals surface area contributed by atoms with Gasteiger partial charge in [0.2, 0.25) is 0 Å². The van der Waals surface area contributed by atoms with Crippen LogP contribution in [0.25, 0.3) is 82.3 Å². The van der Waals surface area contributed by atoms with Crippen molar-refractivity contribution in [2.45, 2.75) is 25.2 Å². The number of thiophene rings is 1. The summed E-state index contributed by atoms with van der Waals surface area (Å²) in [6, 6.07) is 58.5. The molecule has 57 heavy (non-hydrogen) atoms. The van der Waals surface area contributed by atoms with Crippen molar-refractivity contribution in [1.82, 2.24) is 15.2 Å². The van der Waals surface area contributed by atoms with Crippen LogP contribution in [-0.2, 0) is 0 Å². The van der Waals surface area contributed by atoms with E-state index in [-0.39, 0.29) is 12.3 Å². The van der Waals surface area contributed by atoms with Crippen LogP contribution in [-0.4, -0.2) is 16.6 Å². The molecule has 0 saturated heterocycles. The van der Waals surface area contributed by atoms with Gasteiger partial charge >= 0.3 is 0 Å². The molecule has 2 N–H and O–H groups in total. The second-order valence-corrected chi connectivity index (χ2v) is 16.1. The number of rotatable bonds is 5. The number of hydrogen-bond acceptors (Lipinski definition) is 5. The number of fused-ring (bicyclic) bond motifs is 9. The van der Waals surface area contributed by atoms with Crippen molar-refractivity contribution < 1.29 is 4.42 Å². The highest BCUT2D eigenvalue weighted by Gasteiger charge is 2.28. The summed E-state index contributed by atoms with van der Waals surface area (Å²) in [6.07, 6.45) is 4.16. The molecular weight excluding hydrogens is 717 g/mol. The van der Waals surface area contributed by atoms with Crippen molar-refractivity contribution >= 4 is 82.7 Å². The summed E-state index contributed by atoms with van der Waals surface area (Å²) in [6.45, 7) is 0. The van der Waals surface area contributed by atoms with Crippen LogP contribution in [0.2, 0.25) is 0 Å². The number of nitrogens with one attached hydrogen (secondary N) is 2. The summed E-state index contributed by atoms with van der Waals surface area (Å²) in [4.78, 5) is 5.35. The molecule has 2 aliphatic rings. The van der Waals surface area contributed by atoms with Crippen molar-refractivity contribution in [3.63, 3.8) is 0 Å². The molecule has 2 unspecified atom stereocenters. The molecule has 6 heteroatoms. The number of aliphatic imine (C=N–C) groups is 1. The normalized spacial score (nSPS) is 16.9. The highest BCUT2D eigenvalue weighted by atomic mass is 32.1. The highest BCUT2D eigenvalue weighted by molar-refractivity contribution is 7.17. The molecule has 0 spiro atoms. The Labute approximate surface area is 332 Å². The molecule has 0 bridgehead atoms. The average molecular weight is 753 g/mol. The summed E-state index contributed by atoms with van der Waals surface area (Å²) in [5.41, 5.74) is 11.3. The zero-order chi connectivity index (χ0) is 37.5. The summed E-state index contributed by atoms with van der Waals surface area (Å²) in [5, 5.41) is 15.0. The van der Waals surface area contributed by atoms with Crippen LogP contribution in [0.5, 0.6) is 0 Å². The van der Waals surface area contributed by atoms with Gasteiger partial charge in [-0.3, -0.25) is 5.32 Å². The number of hydrogen-bond donors (Lipinski definition) is 2. The van der Waals surface area contributed by atoms with E-state index in [9.17, 15) is 0 Å². The largest absolute Gasteiger partial charge is 0.456 e. The Hall–Kier alpha value is -6.73. The van der Waals surface area contributed by atoms with Crippen LogP contribution < -0.4 is 20.4 Å². The standard InChI is InChI=1S/C51H36N4OS/c1-3-13-31(14-4-1)49-52-50(32-15-5-2-6-16-32)54-51(53-49)40-21-11-20-39-47-35(19-12-24-46(47)57-48(39)40)33-25-28-44-41(29-33)38-27-26-34(30-45(38)56-44)55-42-22-9-7-17-36(42)37-18-8-10-23-43(37)55/h1-10,12-20,22-30,49,51,53H,11,21H2,(H,52,54). The maximum Gasteiger partial charge on any atom is 0.137 e. The monoisotopic (exact) mass is 752 g/mol. The summed E-state index contributed by atoms with van der Waals surface area (Å²) in [5.74, 6) is 0.918. The van der Waals surface area contributed by atoms with Gasteiger partial charge in [0.1, 0.15) is 29.3 Å². The fourth-order valence-corrected chi connectivity index (χ4v) is 10.5. The van der Waals surface area contributed by atoms with Crippen molar-refractivity contribution in [3.05, 3.63) is 185 Å². The van der Waals surface area contributed by atoms with Crippen molar-refractivity contribution in [1.29, 1.82) is 0 Å². The molecule has 0 saturated carbocycles. The lowest BCUT2D eigenvalue weighted by molar-refractivity contribution is 0.444. The zero-order valence-corrected chi connectivity index (χ0v) is 31.8. The van der Waals surface area contributed by atoms with Gasteiger partial charge in [-0.2, -0.15) is 0 Å². The fourth-order valence-electron chi connectivity index (χ4n) is 9.16. The van der Waals surface area contributed by atoms with E-state index >= 15 is 0 Å². The van der Waals surface area contributed by atoms with Gasteiger partial charge in [0.05, 0.1) is 11.0 Å². The fraction of sp³-hybridized carbons (Fsp3) is 0.0784. The molecule has 2 atom stereocenters. The molecule has 0 amide bonds. The molecule has 0 fully saturated rings. The molecule has 1 aliphatic carbocycles. The van der Waals surface area contributed by atoms with Gasteiger partial charge in [-0.15, -0.1) is 11.3 Å². The van der Waals surface area contributed by atoms with E-state index in [1.165, 1.54) is 63.9 Å². The first-order chi connectivity index (χ1) is 28.2. The lowest BCUT2D eigenvalue weighted by atomic mass is 9.95. The van der Waals surface area contributed by atoms with E-state index in [1.807, 2.05) is 11.3 Å². The first kappa shape index (κ1) is 32.5. The maximum atomic E-state index is 6.59. The predicted octanol–water partition coefficient (Wildman–Crippen LogP) is 11.0. The highest BCUT2D eigenvalue weighted by Crippen LogP contribution is 2.38.